The van der Waals surface area contributed by atoms with E-state index >= 15 is 0 Å². The van der Waals surface area contributed by atoms with Crippen molar-refractivity contribution in [2.24, 2.45) is 5.92 Å². The summed E-state index contributed by atoms with van der Waals surface area (Å²) in [6.45, 7) is 3.33. The number of benzene rings is 2. The lowest BCUT2D eigenvalue weighted by molar-refractivity contribution is -0.125. The molecule has 0 bridgehead atoms. The molecule has 2 aromatic carbocycles. The van der Waals surface area contributed by atoms with E-state index in [1.807, 2.05) is 67.6 Å². The van der Waals surface area contributed by atoms with Crippen LogP contribution < -0.4 is 10.6 Å². The van der Waals surface area contributed by atoms with Gasteiger partial charge in [0.15, 0.2) is 0 Å². The first-order chi connectivity index (χ1) is 12.6. The van der Waals surface area contributed by atoms with Crippen molar-refractivity contribution in [1.82, 2.24) is 4.90 Å². The maximum absolute atomic E-state index is 12.6. The smallest absolute Gasteiger partial charge is 0.241 e. The monoisotopic (exact) mass is 351 g/mol. The van der Waals surface area contributed by atoms with Crippen LogP contribution in [-0.2, 0) is 9.59 Å². The number of hydrogen-bond donors (Lipinski definition) is 2. The Kier molecular flexibility index (Phi) is 6.02. The molecule has 2 aromatic rings. The lowest BCUT2D eigenvalue weighted by Gasteiger charge is -2.35. The maximum Gasteiger partial charge on any atom is 0.241 e. The second-order valence-corrected chi connectivity index (χ2v) is 6.72. The topological polar surface area (TPSA) is 61.4 Å². The van der Waals surface area contributed by atoms with Crippen LogP contribution in [0, 0.1) is 5.92 Å². The van der Waals surface area contributed by atoms with Gasteiger partial charge in [-0.1, -0.05) is 36.4 Å². The van der Waals surface area contributed by atoms with Crippen LogP contribution in [0.15, 0.2) is 60.7 Å². The third-order valence-electron chi connectivity index (χ3n) is 4.83. The van der Waals surface area contributed by atoms with Crippen molar-refractivity contribution in [2.75, 3.05) is 23.7 Å². The van der Waals surface area contributed by atoms with Gasteiger partial charge in [-0.3, -0.25) is 14.5 Å². The Balaban J connectivity index is 1.57. The van der Waals surface area contributed by atoms with Crippen molar-refractivity contribution in [1.29, 1.82) is 0 Å². The summed E-state index contributed by atoms with van der Waals surface area (Å²) >= 11 is 0. The molecule has 0 aliphatic carbocycles. The van der Waals surface area contributed by atoms with Crippen molar-refractivity contribution >= 4 is 23.2 Å². The molecule has 1 saturated heterocycles. The predicted molar refractivity (Wildman–Crippen MR) is 104 cm³/mol. The van der Waals surface area contributed by atoms with Crippen LogP contribution in [0.4, 0.5) is 11.4 Å². The highest BCUT2D eigenvalue weighted by Gasteiger charge is 2.30. The number of para-hydroxylation sites is 2. The van der Waals surface area contributed by atoms with E-state index in [0.717, 1.165) is 30.8 Å². The van der Waals surface area contributed by atoms with Crippen LogP contribution in [0.25, 0.3) is 0 Å². The Bertz CT molecular complexity index is 682. The molecule has 0 aromatic heterocycles. The van der Waals surface area contributed by atoms with Gasteiger partial charge in [0, 0.05) is 17.9 Å². The Labute approximate surface area is 154 Å². The van der Waals surface area contributed by atoms with Gasteiger partial charge in [0.2, 0.25) is 11.8 Å². The molecule has 0 radical (unpaired) electrons. The highest BCUT2D eigenvalue weighted by molar-refractivity contribution is 5.95. The van der Waals surface area contributed by atoms with E-state index in [-0.39, 0.29) is 23.8 Å². The quantitative estimate of drug-likeness (QED) is 0.868. The maximum atomic E-state index is 12.6. The zero-order chi connectivity index (χ0) is 18.4. The van der Waals surface area contributed by atoms with Crippen LogP contribution in [-0.4, -0.2) is 35.8 Å². The van der Waals surface area contributed by atoms with Gasteiger partial charge < -0.3 is 10.6 Å². The SMILES string of the molecule is C[C@H](C(=O)Nc1ccccc1)N1CCC[C@@H](C(=O)Nc2ccccc2)C1. The number of amides is 2. The first kappa shape index (κ1) is 18.1. The lowest BCUT2D eigenvalue weighted by atomic mass is 9.95. The fourth-order valence-corrected chi connectivity index (χ4v) is 3.27. The van der Waals surface area contributed by atoms with Crippen LogP contribution in [0.5, 0.6) is 0 Å². The normalized spacial score (nSPS) is 18.7. The third kappa shape index (κ3) is 4.70. The van der Waals surface area contributed by atoms with Crippen LogP contribution >= 0.6 is 0 Å². The van der Waals surface area contributed by atoms with Crippen molar-refractivity contribution in [2.45, 2.75) is 25.8 Å². The summed E-state index contributed by atoms with van der Waals surface area (Å²) < 4.78 is 0. The number of likely N-dealkylation sites (tertiary alicyclic amines) is 1. The van der Waals surface area contributed by atoms with Crippen LogP contribution in [0.2, 0.25) is 0 Å². The fraction of sp³-hybridized carbons (Fsp3) is 0.333. The minimum absolute atomic E-state index is 0.0246. The average molecular weight is 351 g/mol. The predicted octanol–water partition coefficient (Wildman–Crippen LogP) is 3.36. The molecule has 5 nitrogen and oxygen atoms in total. The summed E-state index contributed by atoms with van der Waals surface area (Å²) in [4.78, 5) is 27.2. The molecule has 0 unspecified atom stereocenters. The third-order valence-corrected chi connectivity index (χ3v) is 4.83. The molecule has 0 saturated carbocycles. The number of nitrogens with one attached hydrogen (secondary N) is 2. The summed E-state index contributed by atoms with van der Waals surface area (Å²) in [7, 11) is 0. The molecule has 5 heteroatoms. The summed E-state index contributed by atoms with van der Waals surface area (Å²) in [6, 6.07) is 18.7. The summed E-state index contributed by atoms with van der Waals surface area (Å²) in [5.74, 6) is -0.118. The molecule has 2 N–H and O–H groups in total. The second-order valence-electron chi connectivity index (χ2n) is 6.72. The van der Waals surface area contributed by atoms with Gasteiger partial charge in [-0.05, 0) is 50.6 Å². The molecule has 1 aliphatic rings. The molecular weight excluding hydrogens is 326 g/mol. The number of carbonyl (C=O) groups is 2. The number of nitrogens with zero attached hydrogens (tertiary/aromatic N) is 1. The molecule has 0 spiro atoms. The molecule has 26 heavy (non-hydrogen) atoms. The van der Waals surface area contributed by atoms with Gasteiger partial charge in [-0.2, -0.15) is 0 Å². The zero-order valence-corrected chi connectivity index (χ0v) is 15.0. The van der Waals surface area contributed by atoms with Crippen LogP contribution in [0.1, 0.15) is 19.8 Å². The number of rotatable bonds is 5. The molecule has 136 valence electrons. The first-order valence-corrected chi connectivity index (χ1v) is 9.09. The molecule has 2 atom stereocenters. The minimum atomic E-state index is -0.275. The van der Waals surface area contributed by atoms with Gasteiger partial charge in [0.25, 0.3) is 0 Å². The number of hydrogen-bond acceptors (Lipinski definition) is 3. The van der Waals surface area contributed by atoms with Crippen molar-refractivity contribution in [3.8, 4) is 0 Å². The number of anilines is 2. The van der Waals surface area contributed by atoms with Gasteiger partial charge in [0.1, 0.15) is 0 Å². The van der Waals surface area contributed by atoms with E-state index < -0.39 is 0 Å². The number of piperidine rings is 1. The summed E-state index contributed by atoms with van der Waals surface area (Å²) in [5, 5.41) is 5.92. The number of carbonyl (C=O) groups excluding carboxylic acids is 2. The van der Waals surface area contributed by atoms with E-state index in [2.05, 4.69) is 15.5 Å². The molecule has 2 amide bonds. The van der Waals surface area contributed by atoms with E-state index in [1.54, 1.807) is 0 Å². The lowest BCUT2D eigenvalue weighted by Crippen LogP contribution is -2.49. The minimum Gasteiger partial charge on any atom is -0.326 e. The molecule has 1 fully saturated rings. The standard InChI is InChI=1S/C21H25N3O2/c1-16(20(25)22-18-10-4-2-5-11-18)24-14-8-9-17(15-24)21(26)23-19-12-6-3-7-13-19/h2-7,10-13,16-17H,8-9,14-15H2,1H3,(H,22,25)(H,23,26)/t16-,17-/m1/s1. The van der Waals surface area contributed by atoms with E-state index in [0.29, 0.717) is 6.54 Å². The van der Waals surface area contributed by atoms with Crippen molar-refractivity contribution in [3.05, 3.63) is 60.7 Å². The average Bonchev–Trinajstić information content (AvgIpc) is 2.69. The van der Waals surface area contributed by atoms with Gasteiger partial charge >= 0.3 is 0 Å². The Morgan fingerprint density at radius 2 is 1.54 bits per heavy atom. The Morgan fingerprint density at radius 3 is 2.15 bits per heavy atom. The van der Waals surface area contributed by atoms with Gasteiger partial charge in [0.05, 0.1) is 12.0 Å². The highest BCUT2D eigenvalue weighted by atomic mass is 16.2. The first-order valence-electron chi connectivity index (χ1n) is 9.09. The molecule has 1 heterocycles. The van der Waals surface area contributed by atoms with Crippen molar-refractivity contribution in [3.63, 3.8) is 0 Å². The molecular formula is C21H25N3O2. The fourth-order valence-electron chi connectivity index (χ4n) is 3.27. The summed E-state index contributed by atoms with van der Waals surface area (Å²) in [6.07, 6.45) is 1.76. The second kappa shape index (κ2) is 8.63. The van der Waals surface area contributed by atoms with Gasteiger partial charge in [-0.15, -0.1) is 0 Å². The molecule has 3 rings (SSSR count). The van der Waals surface area contributed by atoms with Gasteiger partial charge in [-0.25, -0.2) is 0 Å². The Hall–Kier alpha value is -2.66. The van der Waals surface area contributed by atoms with Crippen molar-refractivity contribution < 1.29 is 9.59 Å². The Morgan fingerprint density at radius 1 is 0.962 bits per heavy atom. The largest absolute Gasteiger partial charge is 0.326 e. The zero-order valence-electron chi connectivity index (χ0n) is 15.0. The summed E-state index contributed by atoms with van der Waals surface area (Å²) in [5.41, 5.74) is 1.60. The molecule has 1 aliphatic heterocycles. The van der Waals surface area contributed by atoms with Crippen LogP contribution in [0.3, 0.4) is 0 Å². The highest BCUT2D eigenvalue weighted by Crippen LogP contribution is 2.21. The van der Waals surface area contributed by atoms with E-state index in [1.165, 1.54) is 0 Å². The van der Waals surface area contributed by atoms with E-state index in [4.69, 9.17) is 0 Å². The van der Waals surface area contributed by atoms with E-state index in [9.17, 15) is 9.59 Å².